The maximum Gasteiger partial charge on any atom is 0.261 e. The number of carbonyl (C=O) groups is 1. The molecule has 0 unspecified atom stereocenters. The summed E-state index contributed by atoms with van der Waals surface area (Å²) in [5.41, 5.74) is 1.56. The van der Waals surface area contributed by atoms with Crippen molar-refractivity contribution in [3.63, 3.8) is 0 Å². The summed E-state index contributed by atoms with van der Waals surface area (Å²) in [4.78, 5) is 12.4. The highest BCUT2D eigenvalue weighted by Crippen LogP contribution is 2.21. The minimum absolute atomic E-state index is 0.227. The predicted molar refractivity (Wildman–Crippen MR) is 116 cm³/mol. The number of hydrogen-bond acceptors (Lipinski definition) is 4. The molecule has 1 N–H and O–H groups in total. The summed E-state index contributed by atoms with van der Waals surface area (Å²) in [6.07, 6.45) is 0.447. The van der Waals surface area contributed by atoms with Gasteiger partial charge >= 0.3 is 0 Å². The first kappa shape index (κ1) is 20.7. The van der Waals surface area contributed by atoms with Crippen LogP contribution in [0.4, 0.5) is 5.69 Å². The Labute approximate surface area is 171 Å². The molecule has 3 aromatic carbocycles. The van der Waals surface area contributed by atoms with Crippen molar-refractivity contribution in [2.75, 3.05) is 17.6 Å². The van der Waals surface area contributed by atoms with Crippen LogP contribution in [0.5, 0.6) is 5.75 Å². The molecule has 29 heavy (non-hydrogen) atoms. The number of carbonyl (C=O) groups excluding carboxylic acids is 1. The summed E-state index contributed by atoms with van der Waals surface area (Å²) in [7, 11) is -1.85. The zero-order chi connectivity index (χ0) is 21.0. The molecule has 1 atom stereocenters. The zero-order valence-electron chi connectivity index (χ0n) is 16.6. The third-order valence-corrected chi connectivity index (χ3v) is 5.92. The fourth-order valence-corrected chi connectivity index (χ4v) is 3.46. The number of hydrogen-bond donors (Lipinski definition) is 1. The number of anilines is 1. The van der Waals surface area contributed by atoms with Gasteiger partial charge in [0.25, 0.3) is 5.91 Å². The van der Waals surface area contributed by atoms with Crippen molar-refractivity contribution >= 4 is 32.4 Å². The first-order valence-corrected chi connectivity index (χ1v) is 11.1. The fraction of sp³-hybridized carbons (Fsp3) is 0.227. The summed E-state index contributed by atoms with van der Waals surface area (Å²) in [5, 5.41) is 5.14. The standard InChI is InChI=1S/C22H24N2O4S/c1-16(28-20-13-11-19(12-14-20)24(2)29(3,26)27)22(25)23-15-18-9-6-8-17-7-4-5-10-21(17)18/h4-14,16H,15H2,1-3H3,(H,23,25)/t16-/m0/s1. The molecule has 0 radical (unpaired) electrons. The van der Waals surface area contributed by atoms with Gasteiger partial charge in [-0.25, -0.2) is 8.42 Å². The van der Waals surface area contributed by atoms with E-state index in [0.717, 1.165) is 22.6 Å². The lowest BCUT2D eigenvalue weighted by atomic mass is 10.0. The molecule has 0 fully saturated rings. The molecular weight excluding hydrogens is 388 g/mol. The predicted octanol–water partition coefficient (Wildman–Crippen LogP) is 3.32. The van der Waals surface area contributed by atoms with Gasteiger partial charge < -0.3 is 10.1 Å². The maximum atomic E-state index is 12.4. The number of benzene rings is 3. The topological polar surface area (TPSA) is 75.7 Å². The van der Waals surface area contributed by atoms with Crippen LogP contribution in [0, 0.1) is 0 Å². The van der Waals surface area contributed by atoms with Crippen molar-refractivity contribution in [2.24, 2.45) is 0 Å². The van der Waals surface area contributed by atoms with Crippen molar-refractivity contribution < 1.29 is 17.9 Å². The molecule has 0 aliphatic carbocycles. The smallest absolute Gasteiger partial charge is 0.261 e. The summed E-state index contributed by atoms with van der Waals surface area (Å²) in [5.74, 6) is 0.263. The lowest BCUT2D eigenvalue weighted by molar-refractivity contribution is -0.127. The van der Waals surface area contributed by atoms with Crippen molar-refractivity contribution in [2.45, 2.75) is 19.6 Å². The van der Waals surface area contributed by atoms with Crippen LogP contribution in [-0.2, 0) is 21.4 Å². The highest BCUT2D eigenvalue weighted by molar-refractivity contribution is 7.92. The van der Waals surface area contributed by atoms with Crippen LogP contribution in [0.2, 0.25) is 0 Å². The molecule has 0 aliphatic rings. The Morgan fingerprint density at radius 2 is 1.69 bits per heavy atom. The molecule has 0 bridgehead atoms. The minimum Gasteiger partial charge on any atom is -0.481 e. The molecule has 0 heterocycles. The first-order chi connectivity index (χ1) is 13.8. The van der Waals surface area contributed by atoms with E-state index in [1.807, 2.05) is 42.5 Å². The lowest BCUT2D eigenvalue weighted by Crippen LogP contribution is -2.35. The average Bonchev–Trinajstić information content (AvgIpc) is 2.71. The summed E-state index contributed by atoms with van der Waals surface area (Å²) in [6.45, 7) is 2.08. The van der Waals surface area contributed by atoms with Gasteiger partial charge in [-0.05, 0) is 47.5 Å². The van der Waals surface area contributed by atoms with E-state index in [2.05, 4.69) is 5.32 Å². The van der Waals surface area contributed by atoms with Gasteiger partial charge in [-0.2, -0.15) is 0 Å². The van der Waals surface area contributed by atoms with Crippen LogP contribution in [0.3, 0.4) is 0 Å². The average molecular weight is 413 g/mol. The molecule has 7 heteroatoms. The van der Waals surface area contributed by atoms with Crippen molar-refractivity contribution in [1.82, 2.24) is 5.32 Å². The van der Waals surface area contributed by atoms with E-state index < -0.39 is 16.1 Å². The quantitative estimate of drug-likeness (QED) is 0.646. The van der Waals surface area contributed by atoms with Crippen molar-refractivity contribution in [3.05, 3.63) is 72.3 Å². The van der Waals surface area contributed by atoms with Crippen molar-refractivity contribution in [3.8, 4) is 5.75 Å². The maximum absolute atomic E-state index is 12.4. The fourth-order valence-electron chi connectivity index (χ4n) is 2.96. The van der Waals surface area contributed by atoms with Gasteiger partial charge in [0.05, 0.1) is 11.9 Å². The second-order valence-electron chi connectivity index (χ2n) is 6.84. The number of ether oxygens (including phenoxy) is 1. The molecule has 1 amide bonds. The van der Waals surface area contributed by atoms with Crippen LogP contribution >= 0.6 is 0 Å². The second-order valence-corrected chi connectivity index (χ2v) is 8.85. The van der Waals surface area contributed by atoms with E-state index in [4.69, 9.17) is 4.74 Å². The zero-order valence-corrected chi connectivity index (χ0v) is 17.4. The number of nitrogens with zero attached hydrogens (tertiary/aromatic N) is 1. The molecule has 0 aromatic heterocycles. The number of rotatable bonds is 7. The van der Waals surface area contributed by atoms with Gasteiger partial charge in [-0.1, -0.05) is 42.5 Å². The first-order valence-electron chi connectivity index (χ1n) is 9.20. The van der Waals surface area contributed by atoms with Gasteiger partial charge in [0.1, 0.15) is 5.75 Å². The monoisotopic (exact) mass is 412 g/mol. The van der Waals surface area contributed by atoms with E-state index in [-0.39, 0.29) is 5.91 Å². The van der Waals surface area contributed by atoms with E-state index in [1.54, 1.807) is 31.2 Å². The second kappa shape index (κ2) is 8.53. The molecule has 0 spiro atoms. The molecule has 3 rings (SSSR count). The summed E-state index contributed by atoms with van der Waals surface area (Å²) < 4.78 is 30.1. The number of nitrogens with one attached hydrogen (secondary N) is 1. The van der Waals surface area contributed by atoms with E-state index >= 15 is 0 Å². The third-order valence-electron chi connectivity index (χ3n) is 4.71. The van der Waals surface area contributed by atoms with Crippen LogP contribution in [0.15, 0.2) is 66.7 Å². The Morgan fingerprint density at radius 1 is 1.03 bits per heavy atom. The van der Waals surface area contributed by atoms with Gasteiger partial charge in [0, 0.05) is 13.6 Å². The molecule has 0 saturated carbocycles. The van der Waals surface area contributed by atoms with E-state index in [1.165, 1.54) is 11.4 Å². The molecule has 6 nitrogen and oxygen atoms in total. The Hall–Kier alpha value is -3.06. The molecule has 3 aromatic rings. The Balaban J connectivity index is 1.60. The van der Waals surface area contributed by atoms with E-state index in [0.29, 0.717) is 18.0 Å². The molecule has 0 aliphatic heterocycles. The van der Waals surface area contributed by atoms with Crippen LogP contribution in [-0.4, -0.2) is 33.7 Å². The summed E-state index contributed by atoms with van der Waals surface area (Å²) in [6, 6.07) is 20.6. The van der Waals surface area contributed by atoms with Crippen molar-refractivity contribution in [1.29, 1.82) is 0 Å². The third kappa shape index (κ3) is 5.06. The Morgan fingerprint density at radius 3 is 2.38 bits per heavy atom. The molecular formula is C22H24N2O4S. The normalized spacial score (nSPS) is 12.4. The lowest BCUT2D eigenvalue weighted by Gasteiger charge is -2.18. The van der Waals surface area contributed by atoms with Crippen LogP contribution in [0.1, 0.15) is 12.5 Å². The van der Waals surface area contributed by atoms with Gasteiger partial charge in [0.2, 0.25) is 10.0 Å². The van der Waals surface area contributed by atoms with Crippen LogP contribution < -0.4 is 14.4 Å². The Kier molecular flexibility index (Phi) is 6.08. The highest BCUT2D eigenvalue weighted by Gasteiger charge is 2.16. The number of sulfonamides is 1. The summed E-state index contributed by atoms with van der Waals surface area (Å²) >= 11 is 0. The SMILES string of the molecule is C[C@H](Oc1ccc(N(C)S(C)(=O)=O)cc1)C(=O)NCc1cccc2ccccc12. The molecule has 152 valence electrons. The van der Waals surface area contributed by atoms with Crippen LogP contribution in [0.25, 0.3) is 10.8 Å². The number of amides is 1. The largest absolute Gasteiger partial charge is 0.481 e. The number of fused-ring (bicyclic) bond motifs is 1. The highest BCUT2D eigenvalue weighted by atomic mass is 32.2. The Bertz CT molecular complexity index is 1110. The van der Waals surface area contributed by atoms with Gasteiger partial charge in [-0.3, -0.25) is 9.10 Å². The van der Waals surface area contributed by atoms with E-state index in [9.17, 15) is 13.2 Å². The van der Waals surface area contributed by atoms with Gasteiger partial charge in [-0.15, -0.1) is 0 Å². The minimum atomic E-state index is -3.33. The van der Waals surface area contributed by atoms with Gasteiger partial charge in [0.15, 0.2) is 6.10 Å². The molecule has 0 saturated heterocycles.